The lowest BCUT2D eigenvalue weighted by Crippen LogP contribution is -2.23. The van der Waals surface area contributed by atoms with Crippen molar-refractivity contribution in [3.63, 3.8) is 0 Å². The number of nitrogens with one attached hydrogen (secondary N) is 3. The normalized spacial score (nSPS) is 10.9. The average molecular weight is 485 g/mol. The zero-order valence-corrected chi connectivity index (χ0v) is 19.3. The van der Waals surface area contributed by atoms with E-state index in [1.807, 2.05) is 42.5 Å². The number of fused-ring (bicyclic) bond motifs is 1. The van der Waals surface area contributed by atoms with Crippen molar-refractivity contribution >= 4 is 39.8 Å². The number of carbonyl (C=O) groups excluding carboxylic acids is 1. The van der Waals surface area contributed by atoms with Gasteiger partial charge < -0.3 is 15.2 Å². The van der Waals surface area contributed by atoms with E-state index in [2.05, 4.69) is 25.8 Å². The molecule has 0 saturated carbocycles. The first-order valence-electron chi connectivity index (χ1n) is 10.9. The van der Waals surface area contributed by atoms with Crippen LogP contribution in [0.5, 0.6) is 0 Å². The molecule has 5 aromatic rings. The first-order chi connectivity index (χ1) is 17.0. The van der Waals surface area contributed by atoms with Crippen molar-refractivity contribution < 1.29 is 4.79 Å². The molecule has 3 N–H and O–H groups in total. The van der Waals surface area contributed by atoms with Gasteiger partial charge in [-0.25, -0.2) is 0 Å². The summed E-state index contributed by atoms with van der Waals surface area (Å²) in [5.74, 6) is -0.261. The zero-order chi connectivity index (χ0) is 24.2. The minimum Gasteiger partial charge on any atom is -0.354 e. The van der Waals surface area contributed by atoms with Crippen LogP contribution in [0.4, 0.5) is 11.4 Å². The second-order valence-electron chi connectivity index (χ2n) is 7.99. The van der Waals surface area contributed by atoms with Gasteiger partial charge in [-0.05, 0) is 48.0 Å². The van der Waals surface area contributed by atoms with Gasteiger partial charge in [0.05, 0.1) is 41.7 Å². The maximum absolute atomic E-state index is 12.7. The number of pyridine rings is 2. The highest BCUT2D eigenvalue weighted by molar-refractivity contribution is 6.31. The predicted molar refractivity (Wildman–Crippen MR) is 136 cm³/mol. The minimum absolute atomic E-state index is 0.0415. The Labute approximate surface area is 205 Å². The van der Waals surface area contributed by atoms with E-state index in [1.165, 1.54) is 6.20 Å². The van der Waals surface area contributed by atoms with Crippen LogP contribution in [0.1, 0.15) is 21.6 Å². The summed E-state index contributed by atoms with van der Waals surface area (Å²) in [6.07, 6.45) is 4.93. The minimum atomic E-state index is -0.261. The van der Waals surface area contributed by atoms with Crippen molar-refractivity contribution in [3.8, 4) is 0 Å². The third kappa shape index (κ3) is 5.23. The summed E-state index contributed by atoms with van der Waals surface area (Å²) in [5, 5.41) is 14.8. The fraction of sp³-hybridized carbons (Fsp3) is 0.0769. The van der Waals surface area contributed by atoms with Gasteiger partial charge in [0, 0.05) is 34.6 Å². The van der Waals surface area contributed by atoms with Gasteiger partial charge in [0.1, 0.15) is 0 Å². The van der Waals surface area contributed by atoms with Crippen molar-refractivity contribution in [2.75, 3.05) is 5.32 Å². The summed E-state index contributed by atoms with van der Waals surface area (Å²) < 4.78 is 1.65. The molecule has 0 aliphatic heterocycles. The van der Waals surface area contributed by atoms with Gasteiger partial charge in [0.2, 0.25) is 0 Å². The van der Waals surface area contributed by atoms with Crippen LogP contribution in [0.15, 0.2) is 90.1 Å². The number of aromatic amines is 1. The largest absolute Gasteiger partial charge is 0.354 e. The van der Waals surface area contributed by atoms with E-state index in [0.29, 0.717) is 28.5 Å². The topological polar surface area (TPSA) is 105 Å². The van der Waals surface area contributed by atoms with E-state index in [0.717, 1.165) is 22.2 Å². The van der Waals surface area contributed by atoms with Gasteiger partial charge in [-0.1, -0.05) is 29.8 Å². The number of hydrogen-bond donors (Lipinski definition) is 3. The average Bonchev–Trinajstić information content (AvgIpc) is 3.27. The maximum atomic E-state index is 12.7. The monoisotopic (exact) mass is 484 g/mol. The van der Waals surface area contributed by atoms with Gasteiger partial charge in [0.15, 0.2) is 0 Å². The number of rotatable bonds is 7. The standard InChI is InChI=1S/C26H21ClN6O2/c27-19-6-9-23-22(12-19)24(32-31-23)15-29-26(35)18-11-21(14-28-13-18)30-20-7-4-17(5-8-20)16-33-10-2-1-3-25(33)34/h1-14,30H,15-16H2,(H,29,35)(H,31,32). The second-order valence-corrected chi connectivity index (χ2v) is 8.43. The Morgan fingerprint density at radius 1 is 1.00 bits per heavy atom. The van der Waals surface area contributed by atoms with Crippen molar-refractivity contribution in [1.82, 2.24) is 25.1 Å². The molecule has 0 saturated heterocycles. The summed E-state index contributed by atoms with van der Waals surface area (Å²) in [4.78, 5) is 28.8. The van der Waals surface area contributed by atoms with E-state index in [-0.39, 0.29) is 18.0 Å². The molecule has 2 aromatic carbocycles. The highest BCUT2D eigenvalue weighted by atomic mass is 35.5. The first-order valence-corrected chi connectivity index (χ1v) is 11.3. The molecule has 5 rings (SSSR count). The number of amides is 1. The van der Waals surface area contributed by atoms with Crippen LogP contribution in [0.3, 0.4) is 0 Å². The molecule has 0 radical (unpaired) electrons. The molecule has 35 heavy (non-hydrogen) atoms. The molecule has 9 heteroatoms. The van der Waals surface area contributed by atoms with Crippen LogP contribution in [-0.2, 0) is 13.1 Å². The van der Waals surface area contributed by atoms with Crippen LogP contribution < -0.4 is 16.2 Å². The number of carbonyl (C=O) groups is 1. The van der Waals surface area contributed by atoms with Gasteiger partial charge in [-0.15, -0.1) is 0 Å². The molecule has 1 amide bonds. The summed E-state index contributed by atoms with van der Waals surface area (Å²) in [7, 11) is 0. The molecule has 0 fully saturated rings. The molecule has 0 aliphatic carbocycles. The Balaban J connectivity index is 1.23. The molecule has 0 aliphatic rings. The molecule has 3 aromatic heterocycles. The van der Waals surface area contributed by atoms with E-state index in [4.69, 9.17) is 11.6 Å². The Hall–Kier alpha value is -4.43. The van der Waals surface area contributed by atoms with Crippen LogP contribution in [0, 0.1) is 0 Å². The first kappa shape index (κ1) is 22.4. The number of halogens is 1. The third-order valence-corrected chi connectivity index (χ3v) is 5.75. The fourth-order valence-electron chi connectivity index (χ4n) is 3.72. The van der Waals surface area contributed by atoms with Crippen molar-refractivity contribution in [2.45, 2.75) is 13.1 Å². The number of nitrogens with zero attached hydrogens (tertiary/aromatic N) is 3. The number of hydrogen-bond acceptors (Lipinski definition) is 5. The van der Waals surface area contributed by atoms with E-state index < -0.39 is 0 Å². The van der Waals surface area contributed by atoms with E-state index >= 15 is 0 Å². The number of aromatic nitrogens is 4. The molecule has 0 bridgehead atoms. The predicted octanol–water partition coefficient (Wildman–Crippen LogP) is 4.49. The Morgan fingerprint density at radius 2 is 1.86 bits per heavy atom. The zero-order valence-electron chi connectivity index (χ0n) is 18.5. The second kappa shape index (κ2) is 9.82. The Bertz CT molecular complexity index is 1560. The van der Waals surface area contributed by atoms with Gasteiger partial charge in [-0.2, -0.15) is 5.10 Å². The molecule has 174 valence electrons. The van der Waals surface area contributed by atoms with E-state index in [9.17, 15) is 9.59 Å². The number of benzene rings is 2. The summed E-state index contributed by atoms with van der Waals surface area (Å²) in [5.41, 5.74) is 4.47. The van der Waals surface area contributed by atoms with Crippen LogP contribution in [0.2, 0.25) is 5.02 Å². The van der Waals surface area contributed by atoms with Crippen LogP contribution in [-0.4, -0.2) is 25.7 Å². The quantitative estimate of drug-likeness (QED) is 0.315. The summed E-state index contributed by atoms with van der Waals surface area (Å²) in [6, 6.07) is 20.0. The SMILES string of the molecule is O=C(NCc1n[nH]c2ccc(Cl)cc12)c1cncc(Nc2ccc(Cn3ccccc3=O)cc2)c1. The third-order valence-electron chi connectivity index (χ3n) is 5.52. The summed E-state index contributed by atoms with van der Waals surface area (Å²) >= 11 is 6.08. The molecule has 0 spiro atoms. The Kier molecular flexibility index (Phi) is 6.28. The van der Waals surface area contributed by atoms with Gasteiger partial charge in [-0.3, -0.25) is 19.7 Å². The lowest BCUT2D eigenvalue weighted by Gasteiger charge is -2.10. The van der Waals surface area contributed by atoms with Gasteiger partial charge in [0.25, 0.3) is 11.5 Å². The van der Waals surface area contributed by atoms with Crippen LogP contribution >= 0.6 is 11.6 Å². The molecule has 3 heterocycles. The molecule has 0 unspecified atom stereocenters. The maximum Gasteiger partial charge on any atom is 0.253 e. The fourth-order valence-corrected chi connectivity index (χ4v) is 3.89. The highest BCUT2D eigenvalue weighted by Crippen LogP contribution is 2.21. The van der Waals surface area contributed by atoms with Gasteiger partial charge >= 0.3 is 0 Å². The molecular weight excluding hydrogens is 464 g/mol. The molecule has 8 nitrogen and oxygen atoms in total. The van der Waals surface area contributed by atoms with Crippen LogP contribution in [0.25, 0.3) is 10.9 Å². The Morgan fingerprint density at radius 3 is 2.69 bits per heavy atom. The van der Waals surface area contributed by atoms with Crippen molar-refractivity contribution in [3.05, 3.63) is 118 Å². The van der Waals surface area contributed by atoms with E-state index in [1.54, 1.807) is 41.2 Å². The smallest absolute Gasteiger partial charge is 0.253 e. The number of H-pyrrole nitrogens is 1. The molecule has 0 atom stereocenters. The van der Waals surface area contributed by atoms with Crippen molar-refractivity contribution in [2.24, 2.45) is 0 Å². The highest BCUT2D eigenvalue weighted by Gasteiger charge is 2.11. The number of anilines is 2. The summed E-state index contributed by atoms with van der Waals surface area (Å²) in [6.45, 7) is 0.747. The lowest BCUT2D eigenvalue weighted by molar-refractivity contribution is 0.0950. The molecular formula is C26H21ClN6O2. The van der Waals surface area contributed by atoms with Crippen molar-refractivity contribution in [1.29, 1.82) is 0 Å². The lowest BCUT2D eigenvalue weighted by atomic mass is 10.2.